The van der Waals surface area contributed by atoms with E-state index in [1.54, 1.807) is 4.52 Å². The number of aromatic nitrogens is 5. The first-order valence-corrected chi connectivity index (χ1v) is 10.6. The average molecular weight is 406 g/mol. The summed E-state index contributed by atoms with van der Waals surface area (Å²) < 4.78 is 1.67. The third-order valence-electron chi connectivity index (χ3n) is 6.06. The SMILES string of the molecule is Cc1nc2c(C#N)cnn2c(C)c1CCC(=O)Nc1cc(CC2CCCCC2)[nH]n1. The lowest BCUT2D eigenvalue weighted by Gasteiger charge is -2.20. The summed E-state index contributed by atoms with van der Waals surface area (Å²) in [4.78, 5) is 17.0. The average Bonchev–Trinajstić information content (AvgIpc) is 3.35. The quantitative estimate of drug-likeness (QED) is 0.650. The minimum absolute atomic E-state index is 0.0807. The van der Waals surface area contributed by atoms with Crippen molar-refractivity contribution in [1.82, 2.24) is 24.8 Å². The van der Waals surface area contributed by atoms with Gasteiger partial charge in [-0.05, 0) is 38.2 Å². The Hall–Kier alpha value is -3.21. The second-order valence-corrected chi connectivity index (χ2v) is 8.20. The van der Waals surface area contributed by atoms with Gasteiger partial charge in [-0.25, -0.2) is 9.50 Å². The Morgan fingerprint density at radius 2 is 2.13 bits per heavy atom. The number of nitriles is 1. The predicted molar refractivity (Wildman–Crippen MR) is 113 cm³/mol. The van der Waals surface area contributed by atoms with Crippen molar-refractivity contribution in [2.24, 2.45) is 5.92 Å². The zero-order valence-corrected chi connectivity index (χ0v) is 17.5. The van der Waals surface area contributed by atoms with Crippen LogP contribution in [0.3, 0.4) is 0 Å². The molecule has 3 heterocycles. The molecule has 3 aromatic rings. The van der Waals surface area contributed by atoms with Crippen LogP contribution in [0, 0.1) is 31.1 Å². The summed E-state index contributed by atoms with van der Waals surface area (Å²) in [6.45, 7) is 3.84. The van der Waals surface area contributed by atoms with Crippen LogP contribution in [0.4, 0.5) is 5.82 Å². The molecule has 0 unspecified atom stereocenters. The van der Waals surface area contributed by atoms with Crippen LogP contribution in [0.15, 0.2) is 12.3 Å². The molecule has 2 N–H and O–H groups in total. The summed E-state index contributed by atoms with van der Waals surface area (Å²) in [6, 6.07) is 4.06. The van der Waals surface area contributed by atoms with Crippen molar-refractivity contribution in [2.75, 3.05) is 5.32 Å². The van der Waals surface area contributed by atoms with Crippen molar-refractivity contribution < 1.29 is 4.79 Å². The van der Waals surface area contributed by atoms with E-state index < -0.39 is 0 Å². The Morgan fingerprint density at radius 1 is 1.33 bits per heavy atom. The first-order valence-electron chi connectivity index (χ1n) is 10.6. The number of rotatable bonds is 6. The summed E-state index contributed by atoms with van der Waals surface area (Å²) in [5.41, 5.74) is 4.80. The molecule has 8 heteroatoms. The van der Waals surface area contributed by atoms with Crippen LogP contribution >= 0.6 is 0 Å². The molecule has 0 aliphatic heterocycles. The van der Waals surface area contributed by atoms with Crippen molar-refractivity contribution in [3.05, 3.63) is 40.5 Å². The number of aryl methyl sites for hydroxylation is 2. The number of anilines is 1. The Bertz CT molecular complexity index is 1100. The Morgan fingerprint density at radius 3 is 2.90 bits per heavy atom. The zero-order valence-electron chi connectivity index (χ0n) is 17.5. The number of fused-ring (bicyclic) bond motifs is 1. The Kier molecular flexibility index (Phi) is 5.79. The lowest BCUT2D eigenvalue weighted by molar-refractivity contribution is -0.116. The van der Waals surface area contributed by atoms with E-state index in [2.05, 4.69) is 31.7 Å². The molecule has 8 nitrogen and oxygen atoms in total. The van der Waals surface area contributed by atoms with Gasteiger partial charge in [0.05, 0.1) is 6.20 Å². The molecule has 0 radical (unpaired) electrons. The van der Waals surface area contributed by atoms with Crippen LogP contribution in [0.1, 0.15) is 66.7 Å². The Balaban J connectivity index is 1.37. The normalized spacial score (nSPS) is 14.7. The van der Waals surface area contributed by atoms with Gasteiger partial charge < -0.3 is 5.32 Å². The fourth-order valence-electron chi connectivity index (χ4n) is 4.43. The number of H-pyrrole nitrogens is 1. The molecule has 1 amide bonds. The van der Waals surface area contributed by atoms with Gasteiger partial charge in [0.25, 0.3) is 0 Å². The smallest absolute Gasteiger partial charge is 0.225 e. The van der Waals surface area contributed by atoms with E-state index in [0.717, 1.165) is 35.0 Å². The molecule has 0 bridgehead atoms. The van der Waals surface area contributed by atoms with Crippen molar-refractivity contribution in [1.29, 1.82) is 5.26 Å². The van der Waals surface area contributed by atoms with E-state index in [9.17, 15) is 10.1 Å². The molecule has 1 fully saturated rings. The fourth-order valence-corrected chi connectivity index (χ4v) is 4.43. The third-order valence-corrected chi connectivity index (χ3v) is 6.06. The number of aromatic amines is 1. The van der Waals surface area contributed by atoms with Gasteiger partial charge in [-0.2, -0.15) is 15.5 Å². The van der Waals surface area contributed by atoms with Gasteiger partial charge in [0.15, 0.2) is 11.5 Å². The molecule has 0 spiro atoms. The molecule has 3 aromatic heterocycles. The molecule has 0 aromatic carbocycles. The number of hydrogen-bond acceptors (Lipinski definition) is 5. The number of carbonyl (C=O) groups excluding carboxylic acids is 1. The monoisotopic (exact) mass is 405 g/mol. The van der Waals surface area contributed by atoms with Crippen molar-refractivity contribution >= 4 is 17.4 Å². The standard InChI is InChI=1S/C22H27N7O/c1-14-19(15(2)29-22(25-14)17(12-23)13-24-29)8-9-21(30)26-20-11-18(27-28-20)10-16-6-4-3-5-7-16/h11,13,16H,3-10H2,1-2H3,(H2,26,27,28,30). The first-order chi connectivity index (χ1) is 14.5. The summed E-state index contributed by atoms with van der Waals surface area (Å²) in [5.74, 6) is 1.22. The molecule has 1 saturated carbocycles. The number of carbonyl (C=O) groups is 1. The fraction of sp³-hybridized carbons (Fsp3) is 0.500. The highest BCUT2D eigenvalue weighted by molar-refractivity contribution is 5.89. The highest BCUT2D eigenvalue weighted by atomic mass is 16.1. The largest absolute Gasteiger partial charge is 0.309 e. The lowest BCUT2D eigenvalue weighted by Crippen LogP contribution is -2.14. The molecule has 0 saturated heterocycles. The maximum atomic E-state index is 12.5. The zero-order chi connectivity index (χ0) is 21.1. The van der Waals surface area contributed by atoms with Gasteiger partial charge in [-0.1, -0.05) is 32.1 Å². The van der Waals surface area contributed by atoms with Crippen molar-refractivity contribution in [3.8, 4) is 6.07 Å². The van der Waals surface area contributed by atoms with Crippen molar-refractivity contribution in [2.45, 2.75) is 65.2 Å². The van der Waals surface area contributed by atoms with Crippen LogP contribution in [0.5, 0.6) is 0 Å². The minimum atomic E-state index is -0.0807. The molecular formula is C22H27N7O. The number of hydrogen-bond donors (Lipinski definition) is 2. The van der Waals surface area contributed by atoms with E-state index >= 15 is 0 Å². The van der Waals surface area contributed by atoms with Crippen LogP contribution in [-0.4, -0.2) is 30.7 Å². The van der Waals surface area contributed by atoms with E-state index in [1.807, 2.05) is 19.9 Å². The van der Waals surface area contributed by atoms with Crippen molar-refractivity contribution in [3.63, 3.8) is 0 Å². The van der Waals surface area contributed by atoms with Gasteiger partial charge in [0.2, 0.25) is 5.91 Å². The maximum Gasteiger partial charge on any atom is 0.225 e. The van der Waals surface area contributed by atoms with Crippen LogP contribution < -0.4 is 5.32 Å². The summed E-state index contributed by atoms with van der Waals surface area (Å²) in [7, 11) is 0. The highest BCUT2D eigenvalue weighted by Gasteiger charge is 2.17. The van der Waals surface area contributed by atoms with E-state index in [-0.39, 0.29) is 5.91 Å². The van der Waals surface area contributed by atoms with Gasteiger partial charge in [-0.3, -0.25) is 9.89 Å². The highest BCUT2D eigenvalue weighted by Crippen LogP contribution is 2.27. The van der Waals surface area contributed by atoms with Crippen LogP contribution in [0.2, 0.25) is 0 Å². The summed E-state index contributed by atoms with van der Waals surface area (Å²) in [5, 5.41) is 23.6. The molecule has 0 atom stereocenters. The minimum Gasteiger partial charge on any atom is -0.309 e. The van der Waals surface area contributed by atoms with E-state index in [0.29, 0.717) is 29.9 Å². The number of nitrogens with zero attached hydrogens (tertiary/aromatic N) is 5. The molecule has 156 valence electrons. The third kappa shape index (κ3) is 4.20. The van der Waals surface area contributed by atoms with Crippen LogP contribution in [0.25, 0.3) is 5.65 Å². The predicted octanol–water partition coefficient (Wildman–Crippen LogP) is 3.64. The number of amides is 1. The summed E-state index contributed by atoms with van der Waals surface area (Å²) in [6.07, 6.45) is 9.95. The molecule has 1 aliphatic carbocycles. The van der Waals surface area contributed by atoms with Crippen LogP contribution in [-0.2, 0) is 17.6 Å². The molecule has 4 rings (SSSR count). The van der Waals surface area contributed by atoms with Gasteiger partial charge in [-0.15, -0.1) is 0 Å². The summed E-state index contributed by atoms with van der Waals surface area (Å²) >= 11 is 0. The molecule has 1 aliphatic rings. The lowest BCUT2D eigenvalue weighted by atomic mass is 9.86. The second kappa shape index (κ2) is 8.66. The molecule has 30 heavy (non-hydrogen) atoms. The topological polar surface area (TPSA) is 112 Å². The molecular weight excluding hydrogens is 378 g/mol. The van der Waals surface area contributed by atoms with E-state index in [1.165, 1.54) is 38.3 Å². The number of nitrogens with one attached hydrogen (secondary N) is 2. The van der Waals surface area contributed by atoms with Gasteiger partial charge in [0, 0.05) is 29.6 Å². The maximum absolute atomic E-state index is 12.5. The Labute approximate surface area is 175 Å². The van der Waals surface area contributed by atoms with Gasteiger partial charge >= 0.3 is 0 Å². The van der Waals surface area contributed by atoms with Gasteiger partial charge in [0.1, 0.15) is 11.6 Å². The first kappa shape index (κ1) is 20.1. The van der Waals surface area contributed by atoms with E-state index in [4.69, 9.17) is 0 Å². The second-order valence-electron chi connectivity index (χ2n) is 8.20.